The summed E-state index contributed by atoms with van der Waals surface area (Å²) in [6.07, 6.45) is 0.833. The minimum absolute atomic E-state index is 0.0270. The molecule has 2 aliphatic heterocycles. The number of hydrogen-bond acceptors (Lipinski definition) is 4. The van der Waals surface area contributed by atoms with Crippen LogP contribution in [0.25, 0.3) is 0 Å². The van der Waals surface area contributed by atoms with Gasteiger partial charge in [-0.25, -0.2) is 0 Å². The molecule has 0 aliphatic carbocycles. The van der Waals surface area contributed by atoms with Gasteiger partial charge >= 0.3 is 0 Å². The molecule has 26 heavy (non-hydrogen) atoms. The van der Waals surface area contributed by atoms with E-state index in [1.54, 1.807) is 4.90 Å². The van der Waals surface area contributed by atoms with Gasteiger partial charge in [-0.15, -0.1) is 0 Å². The van der Waals surface area contributed by atoms with Crippen LogP contribution in [0.5, 0.6) is 5.75 Å². The Morgan fingerprint density at radius 1 is 1.19 bits per heavy atom. The van der Waals surface area contributed by atoms with Crippen LogP contribution in [0, 0.1) is 6.92 Å². The van der Waals surface area contributed by atoms with Gasteiger partial charge in [-0.2, -0.15) is 0 Å². The van der Waals surface area contributed by atoms with Crippen molar-refractivity contribution in [2.45, 2.75) is 32.2 Å². The smallest absolute Gasteiger partial charge is 0.253 e. The summed E-state index contributed by atoms with van der Waals surface area (Å²) in [4.78, 5) is 26.4. The summed E-state index contributed by atoms with van der Waals surface area (Å²) in [6, 6.07) is 9.28. The average molecular weight is 354 g/mol. The van der Waals surface area contributed by atoms with Crippen molar-refractivity contribution in [1.82, 2.24) is 10.2 Å². The first-order valence-corrected chi connectivity index (χ1v) is 8.89. The predicted octanol–water partition coefficient (Wildman–Crippen LogP) is 2.27. The molecule has 136 valence electrons. The molecule has 2 atom stereocenters. The topological polar surface area (TPSA) is 71.8 Å². The maximum atomic E-state index is 13.0. The molecular formula is C20H22N2O4. The number of carbonyl (C=O) groups is 2. The van der Waals surface area contributed by atoms with Gasteiger partial charge in [0.25, 0.3) is 5.91 Å². The van der Waals surface area contributed by atoms with Crippen molar-refractivity contribution in [2.75, 3.05) is 19.7 Å². The number of benzene rings is 1. The molecule has 1 aromatic carbocycles. The lowest BCUT2D eigenvalue weighted by Gasteiger charge is -2.17. The quantitative estimate of drug-likeness (QED) is 0.918. The maximum Gasteiger partial charge on any atom is 0.253 e. The summed E-state index contributed by atoms with van der Waals surface area (Å²) in [5, 5.41) is 2.96. The van der Waals surface area contributed by atoms with Crippen molar-refractivity contribution >= 4 is 11.8 Å². The number of nitrogens with zero attached hydrogens (tertiary/aromatic N) is 1. The SMILES string of the molecule is CC(=O)N[C@@H]1CN(C(=O)c2ccc3c(c2)CCO3)C[C@H]1c1ccc(C)o1. The molecule has 0 saturated carbocycles. The Kier molecular flexibility index (Phi) is 4.18. The molecule has 3 heterocycles. The fraction of sp³-hybridized carbons (Fsp3) is 0.400. The van der Waals surface area contributed by atoms with Gasteiger partial charge in [0.2, 0.25) is 5.91 Å². The lowest BCUT2D eigenvalue weighted by atomic mass is 10.0. The highest BCUT2D eigenvalue weighted by Crippen LogP contribution is 2.31. The number of amides is 2. The van der Waals surface area contributed by atoms with E-state index in [0.717, 1.165) is 29.3 Å². The molecule has 1 fully saturated rings. The van der Waals surface area contributed by atoms with E-state index in [1.807, 2.05) is 37.3 Å². The summed E-state index contributed by atoms with van der Waals surface area (Å²) in [5.74, 6) is 2.31. The molecule has 1 aromatic heterocycles. The Hall–Kier alpha value is -2.76. The summed E-state index contributed by atoms with van der Waals surface area (Å²) < 4.78 is 11.3. The lowest BCUT2D eigenvalue weighted by molar-refractivity contribution is -0.119. The number of furan rings is 1. The van der Waals surface area contributed by atoms with Crippen LogP contribution in [-0.4, -0.2) is 42.5 Å². The third kappa shape index (κ3) is 3.07. The highest BCUT2D eigenvalue weighted by Gasteiger charge is 2.38. The largest absolute Gasteiger partial charge is 0.493 e. The van der Waals surface area contributed by atoms with Gasteiger partial charge < -0.3 is 19.4 Å². The van der Waals surface area contributed by atoms with Crippen molar-refractivity contribution in [2.24, 2.45) is 0 Å². The molecule has 2 amide bonds. The molecule has 1 saturated heterocycles. The molecule has 0 bridgehead atoms. The van der Waals surface area contributed by atoms with Crippen LogP contribution in [0.3, 0.4) is 0 Å². The predicted molar refractivity (Wildman–Crippen MR) is 95.3 cm³/mol. The zero-order valence-corrected chi connectivity index (χ0v) is 15.0. The van der Waals surface area contributed by atoms with Crippen LogP contribution in [0.15, 0.2) is 34.7 Å². The Labute approximate surface area is 152 Å². The minimum Gasteiger partial charge on any atom is -0.493 e. The van der Waals surface area contributed by atoms with Crippen molar-refractivity contribution in [3.63, 3.8) is 0 Å². The second kappa shape index (κ2) is 6.52. The number of carbonyl (C=O) groups excluding carboxylic acids is 2. The van der Waals surface area contributed by atoms with Gasteiger partial charge in [0.1, 0.15) is 17.3 Å². The first-order valence-electron chi connectivity index (χ1n) is 8.89. The standard InChI is InChI=1S/C20H22N2O4/c1-12-3-5-19(26-12)16-10-22(11-17(16)21-13(2)23)20(24)15-4-6-18-14(9-15)7-8-25-18/h3-6,9,16-17H,7-8,10-11H2,1-2H3,(H,21,23)/t16-,17-/m1/s1. The molecule has 6 nitrogen and oxygen atoms in total. The minimum atomic E-state index is -0.153. The number of nitrogens with one attached hydrogen (secondary N) is 1. The third-order valence-corrected chi connectivity index (χ3v) is 5.06. The Morgan fingerprint density at radius 3 is 2.77 bits per heavy atom. The summed E-state index contributed by atoms with van der Waals surface area (Å²) >= 11 is 0. The number of aryl methyl sites for hydroxylation is 1. The van der Waals surface area contributed by atoms with Gasteiger partial charge in [0.05, 0.1) is 18.6 Å². The second-order valence-electron chi connectivity index (χ2n) is 6.99. The van der Waals surface area contributed by atoms with Gasteiger partial charge in [-0.05, 0) is 42.8 Å². The van der Waals surface area contributed by atoms with Gasteiger partial charge in [0.15, 0.2) is 0 Å². The molecule has 0 spiro atoms. The monoisotopic (exact) mass is 354 g/mol. The molecule has 0 unspecified atom stereocenters. The number of ether oxygens (including phenoxy) is 1. The van der Waals surface area contributed by atoms with Crippen LogP contribution in [0.1, 0.15) is 40.3 Å². The molecule has 2 aliphatic rings. The Balaban J connectivity index is 1.56. The molecular weight excluding hydrogens is 332 g/mol. The van der Waals surface area contributed by atoms with E-state index < -0.39 is 0 Å². The molecule has 2 aromatic rings. The Morgan fingerprint density at radius 2 is 2.04 bits per heavy atom. The number of hydrogen-bond donors (Lipinski definition) is 1. The molecule has 6 heteroatoms. The van der Waals surface area contributed by atoms with E-state index in [1.165, 1.54) is 6.92 Å². The van der Waals surface area contributed by atoms with E-state index in [0.29, 0.717) is 25.3 Å². The molecule has 4 rings (SSSR count). The normalized spacial score (nSPS) is 21.4. The highest BCUT2D eigenvalue weighted by molar-refractivity contribution is 5.95. The fourth-order valence-corrected chi connectivity index (χ4v) is 3.82. The zero-order chi connectivity index (χ0) is 18.3. The summed E-state index contributed by atoms with van der Waals surface area (Å²) in [5.41, 5.74) is 1.73. The molecule has 0 radical (unpaired) electrons. The fourth-order valence-electron chi connectivity index (χ4n) is 3.82. The Bertz CT molecular complexity index is 857. The third-order valence-electron chi connectivity index (χ3n) is 5.06. The molecule has 1 N–H and O–H groups in total. The first-order chi connectivity index (χ1) is 12.5. The van der Waals surface area contributed by atoms with Crippen molar-refractivity contribution < 1.29 is 18.7 Å². The van der Waals surface area contributed by atoms with Crippen molar-refractivity contribution in [1.29, 1.82) is 0 Å². The van der Waals surface area contributed by atoms with E-state index in [-0.39, 0.29) is 23.8 Å². The van der Waals surface area contributed by atoms with Crippen molar-refractivity contribution in [3.8, 4) is 5.75 Å². The van der Waals surface area contributed by atoms with Crippen LogP contribution in [-0.2, 0) is 11.2 Å². The highest BCUT2D eigenvalue weighted by atomic mass is 16.5. The van der Waals surface area contributed by atoms with E-state index >= 15 is 0 Å². The van der Waals surface area contributed by atoms with Crippen LogP contribution in [0.2, 0.25) is 0 Å². The van der Waals surface area contributed by atoms with Gasteiger partial charge in [-0.1, -0.05) is 0 Å². The lowest BCUT2D eigenvalue weighted by Crippen LogP contribution is -2.39. The van der Waals surface area contributed by atoms with E-state index in [4.69, 9.17) is 9.15 Å². The van der Waals surface area contributed by atoms with Crippen LogP contribution in [0.4, 0.5) is 0 Å². The first kappa shape index (κ1) is 16.7. The van der Waals surface area contributed by atoms with Crippen LogP contribution >= 0.6 is 0 Å². The second-order valence-corrected chi connectivity index (χ2v) is 6.99. The zero-order valence-electron chi connectivity index (χ0n) is 15.0. The van der Waals surface area contributed by atoms with Crippen LogP contribution < -0.4 is 10.1 Å². The number of rotatable bonds is 3. The summed E-state index contributed by atoms with van der Waals surface area (Å²) in [6.45, 7) is 5.04. The average Bonchev–Trinajstić information content (AvgIpc) is 3.32. The van der Waals surface area contributed by atoms with Crippen molar-refractivity contribution in [3.05, 3.63) is 53.0 Å². The van der Waals surface area contributed by atoms with E-state index in [2.05, 4.69) is 5.32 Å². The van der Waals surface area contributed by atoms with Gasteiger partial charge in [0, 0.05) is 32.0 Å². The number of fused-ring (bicyclic) bond motifs is 1. The summed E-state index contributed by atoms with van der Waals surface area (Å²) in [7, 11) is 0. The maximum absolute atomic E-state index is 13.0. The number of likely N-dealkylation sites (tertiary alicyclic amines) is 1. The van der Waals surface area contributed by atoms with Gasteiger partial charge in [-0.3, -0.25) is 9.59 Å². The van der Waals surface area contributed by atoms with E-state index in [9.17, 15) is 9.59 Å².